The van der Waals surface area contributed by atoms with Crippen LogP contribution in [0.5, 0.6) is 0 Å². The van der Waals surface area contributed by atoms with Crippen LogP contribution < -0.4 is 4.31 Å². The number of ether oxygens (including phenoxy) is 1. The Bertz CT molecular complexity index is 1540. The first-order valence-corrected chi connectivity index (χ1v) is 13.4. The molecule has 0 saturated carbocycles. The molecule has 3 aromatic carbocycles. The Kier molecular flexibility index (Phi) is 6.62. The van der Waals surface area contributed by atoms with Crippen molar-refractivity contribution in [3.8, 4) is 11.3 Å². The minimum Gasteiger partial charge on any atom is -0.443 e. The molecule has 0 aliphatic rings. The van der Waals surface area contributed by atoms with Gasteiger partial charge in [-0.3, -0.25) is 0 Å². The molecular formula is C26H24Cl2N2O4S. The van der Waals surface area contributed by atoms with Crippen LogP contribution in [-0.2, 0) is 14.8 Å². The summed E-state index contributed by atoms with van der Waals surface area (Å²) in [5.74, 6) is 0. The fourth-order valence-electron chi connectivity index (χ4n) is 3.81. The number of halogens is 2. The normalized spacial score (nSPS) is 12.1. The number of fused-ring (bicyclic) bond motifs is 1. The number of hydrogen-bond donors (Lipinski definition) is 0. The van der Waals surface area contributed by atoms with Crippen LogP contribution in [0.4, 0.5) is 16.2 Å². The standard InChI is InChI=1S/C26H24Cl2N2O4S/c1-26(2,3)34-25(31)29-22-11-6-5-8-17(22)14-23(29)18-12-13-21(28)24(15-18)30(35(4,32)33)20-10-7-9-19(27)16-20/h5-16H,1-4H3. The molecule has 0 spiro atoms. The molecule has 0 saturated heterocycles. The second kappa shape index (κ2) is 9.22. The van der Waals surface area contributed by atoms with Gasteiger partial charge >= 0.3 is 6.09 Å². The first kappa shape index (κ1) is 25.1. The molecule has 6 nitrogen and oxygen atoms in total. The summed E-state index contributed by atoms with van der Waals surface area (Å²) in [7, 11) is -3.79. The average Bonchev–Trinajstić information content (AvgIpc) is 3.13. The van der Waals surface area contributed by atoms with Gasteiger partial charge in [-0.2, -0.15) is 0 Å². The first-order valence-electron chi connectivity index (χ1n) is 10.7. The van der Waals surface area contributed by atoms with Crippen LogP contribution in [0.3, 0.4) is 0 Å². The monoisotopic (exact) mass is 530 g/mol. The molecule has 4 rings (SSSR count). The highest BCUT2D eigenvalue weighted by Gasteiger charge is 2.26. The van der Waals surface area contributed by atoms with Gasteiger partial charge in [-0.1, -0.05) is 53.5 Å². The van der Waals surface area contributed by atoms with E-state index in [4.69, 9.17) is 27.9 Å². The number of carbonyl (C=O) groups is 1. The summed E-state index contributed by atoms with van der Waals surface area (Å²) in [6, 6.07) is 20.8. The molecule has 0 radical (unpaired) electrons. The Hall–Kier alpha value is -3.00. The Morgan fingerprint density at radius 2 is 1.66 bits per heavy atom. The van der Waals surface area contributed by atoms with Crippen molar-refractivity contribution in [3.05, 3.63) is 82.8 Å². The lowest BCUT2D eigenvalue weighted by Gasteiger charge is -2.25. The Morgan fingerprint density at radius 3 is 2.31 bits per heavy atom. The van der Waals surface area contributed by atoms with Gasteiger partial charge in [0, 0.05) is 16.0 Å². The van der Waals surface area contributed by atoms with Crippen LogP contribution in [0.15, 0.2) is 72.8 Å². The van der Waals surface area contributed by atoms with Crippen molar-refractivity contribution >= 4 is 61.6 Å². The fourth-order valence-corrected chi connectivity index (χ4v) is 5.25. The highest BCUT2D eigenvalue weighted by Crippen LogP contribution is 2.39. The maximum Gasteiger partial charge on any atom is 0.419 e. The van der Waals surface area contributed by atoms with Crippen LogP contribution in [-0.4, -0.2) is 30.9 Å². The number of sulfonamides is 1. The molecule has 0 bridgehead atoms. The number of benzene rings is 3. The molecule has 35 heavy (non-hydrogen) atoms. The molecule has 4 aromatic rings. The van der Waals surface area contributed by atoms with Crippen LogP contribution >= 0.6 is 23.2 Å². The van der Waals surface area contributed by atoms with Gasteiger partial charge in [-0.25, -0.2) is 22.1 Å². The van der Waals surface area contributed by atoms with Crippen LogP contribution in [0.25, 0.3) is 22.2 Å². The Balaban J connectivity index is 1.94. The zero-order valence-corrected chi connectivity index (χ0v) is 21.9. The third-order valence-electron chi connectivity index (χ3n) is 5.12. The number of carbonyl (C=O) groups excluding carboxylic acids is 1. The number of aromatic nitrogens is 1. The smallest absolute Gasteiger partial charge is 0.419 e. The van der Waals surface area contributed by atoms with Gasteiger partial charge in [0.25, 0.3) is 0 Å². The molecule has 0 aliphatic carbocycles. The van der Waals surface area contributed by atoms with Crippen molar-refractivity contribution in [1.82, 2.24) is 4.57 Å². The number of hydrogen-bond acceptors (Lipinski definition) is 4. The molecule has 182 valence electrons. The van der Waals surface area contributed by atoms with Gasteiger partial charge in [-0.15, -0.1) is 0 Å². The number of rotatable bonds is 4. The maximum atomic E-state index is 13.2. The van der Waals surface area contributed by atoms with E-state index in [1.165, 1.54) is 4.57 Å². The van der Waals surface area contributed by atoms with Crippen molar-refractivity contribution in [2.75, 3.05) is 10.6 Å². The summed E-state index contributed by atoms with van der Waals surface area (Å²) in [5.41, 5.74) is 1.66. The van der Waals surface area contributed by atoms with Gasteiger partial charge in [0.2, 0.25) is 10.0 Å². The lowest BCUT2D eigenvalue weighted by atomic mass is 10.1. The van der Waals surface area contributed by atoms with Crippen molar-refractivity contribution in [2.45, 2.75) is 26.4 Å². The van der Waals surface area contributed by atoms with Crippen LogP contribution in [0.1, 0.15) is 20.8 Å². The van der Waals surface area contributed by atoms with E-state index in [1.54, 1.807) is 63.2 Å². The van der Waals surface area contributed by atoms with Crippen molar-refractivity contribution in [3.63, 3.8) is 0 Å². The number of anilines is 2. The molecule has 0 N–H and O–H groups in total. The molecule has 9 heteroatoms. The zero-order chi connectivity index (χ0) is 25.5. The average molecular weight is 531 g/mol. The maximum absolute atomic E-state index is 13.2. The quantitative estimate of drug-likeness (QED) is 0.274. The molecule has 0 unspecified atom stereocenters. The SMILES string of the molecule is CC(C)(C)OC(=O)n1c(-c2ccc(Cl)c(N(c3cccc(Cl)c3)S(C)(=O)=O)c2)cc2ccccc21. The van der Waals surface area contributed by atoms with Crippen molar-refractivity contribution in [1.29, 1.82) is 0 Å². The van der Waals surface area contributed by atoms with Gasteiger partial charge in [0.05, 0.1) is 33.9 Å². The zero-order valence-electron chi connectivity index (χ0n) is 19.6. The predicted molar refractivity (Wildman–Crippen MR) is 142 cm³/mol. The molecule has 0 fully saturated rings. The van der Waals surface area contributed by atoms with E-state index in [0.29, 0.717) is 27.5 Å². The third kappa shape index (κ3) is 5.32. The summed E-state index contributed by atoms with van der Waals surface area (Å²) < 4.78 is 34.0. The molecule has 0 amide bonds. The Labute approximate surface area is 214 Å². The van der Waals surface area contributed by atoms with E-state index in [2.05, 4.69) is 0 Å². The van der Waals surface area contributed by atoms with Crippen LogP contribution in [0.2, 0.25) is 10.0 Å². The van der Waals surface area contributed by atoms with E-state index in [0.717, 1.165) is 15.9 Å². The van der Waals surface area contributed by atoms with Crippen LogP contribution in [0, 0.1) is 0 Å². The molecule has 1 aromatic heterocycles. The lowest BCUT2D eigenvalue weighted by molar-refractivity contribution is 0.0547. The summed E-state index contributed by atoms with van der Waals surface area (Å²) in [5, 5.41) is 1.44. The van der Waals surface area contributed by atoms with E-state index in [-0.39, 0.29) is 10.7 Å². The van der Waals surface area contributed by atoms with E-state index in [1.807, 2.05) is 30.3 Å². The second-order valence-corrected chi connectivity index (χ2v) is 11.8. The predicted octanol–water partition coefficient (Wildman–Crippen LogP) is 7.50. The fraction of sp³-hybridized carbons (Fsp3) is 0.192. The number of nitrogens with zero attached hydrogens (tertiary/aromatic N) is 2. The largest absolute Gasteiger partial charge is 0.443 e. The topological polar surface area (TPSA) is 68.6 Å². The summed E-state index contributed by atoms with van der Waals surface area (Å²) in [4.78, 5) is 13.2. The summed E-state index contributed by atoms with van der Waals surface area (Å²) in [6.45, 7) is 5.39. The highest BCUT2D eigenvalue weighted by atomic mass is 35.5. The molecule has 0 aliphatic heterocycles. The van der Waals surface area contributed by atoms with E-state index in [9.17, 15) is 13.2 Å². The van der Waals surface area contributed by atoms with Crippen molar-refractivity contribution in [2.24, 2.45) is 0 Å². The lowest BCUT2D eigenvalue weighted by Crippen LogP contribution is -2.27. The molecule has 0 atom stereocenters. The molecule has 1 heterocycles. The van der Waals surface area contributed by atoms with Gasteiger partial charge in [0.1, 0.15) is 5.60 Å². The van der Waals surface area contributed by atoms with Gasteiger partial charge < -0.3 is 4.74 Å². The van der Waals surface area contributed by atoms with Crippen molar-refractivity contribution < 1.29 is 17.9 Å². The minimum atomic E-state index is -3.79. The second-order valence-electron chi connectivity index (χ2n) is 9.08. The number of para-hydroxylation sites is 1. The van der Waals surface area contributed by atoms with E-state index >= 15 is 0 Å². The van der Waals surface area contributed by atoms with Gasteiger partial charge in [-0.05, 0) is 63.2 Å². The van der Waals surface area contributed by atoms with E-state index < -0.39 is 21.7 Å². The Morgan fingerprint density at radius 1 is 0.943 bits per heavy atom. The minimum absolute atomic E-state index is 0.221. The third-order valence-corrected chi connectivity index (χ3v) is 6.75. The van der Waals surface area contributed by atoms with Gasteiger partial charge in [0.15, 0.2) is 0 Å². The highest BCUT2D eigenvalue weighted by molar-refractivity contribution is 7.92. The first-order chi connectivity index (χ1) is 16.3. The molecular weight excluding hydrogens is 507 g/mol. The summed E-state index contributed by atoms with van der Waals surface area (Å²) in [6.07, 6.45) is 0.550. The summed E-state index contributed by atoms with van der Waals surface area (Å²) >= 11 is 12.6.